The van der Waals surface area contributed by atoms with E-state index in [0.29, 0.717) is 16.6 Å². The molecule has 0 unspecified atom stereocenters. The van der Waals surface area contributed by atoms with Crippen LogP contribution in [0.3, 0.4) is 0 Å². The Morgan fingerprint density at radius 1 is 0.941 bits per heavy atom. The van der Waals surface area contributed by atoms with E-state index in [1.54, 1.807) is 48.5 Å². The standard InChI is InChI=1S/C23H16N6O4S/c24-22-21(34(32,33)17-9-2-1-3-10-17)20-23(27-19-12-5-4-11-18(19)26-20)28(22)25-14-15-7-6-8-16(13-15)29(30)31/h1-14H,24H2/b25-14-. The Hall–Kier alpha value is -4.64. The second-order valence-electron chi connectivity index (χ2n) is 7.32. The molecule has 0 radical (unpaired) electrons. The Labute approximate surface area is 193 Å². The first-order chi connectivity index (χ1) is 16.4. The third-order valence-corrected chi connectivity index (χ3v) is 6.99. The van der Waals surface area contributed by atoms with Crippen LogP contribution in [0.4, 0.5) is 11.5 Å². The maximum atomic E-state index is 13.5. The number of fused-ring (bicyclic) bond motifs is 2. The molecule has 0 atom stereocenters. The lowest BCUT2D eigenvalue weighted by molar-refractivity contribution is -0.384. The molecule has 2 N–H and O–H groups in total. The molecule has 168 valence electrons. The van der Waals surface area contributed by atoms with Gasteiger partial charge in [0.25, 0.3) is 5.69 Å². The first kappa shape index (κ1) is 21.2. The molecular formula is C23H16N6O4S. The monoisotopic (exact) mass is 472 g/mol. The zero-order valence-corrected chi connectivity index (χ0v) is 18.3. The lowest BCUT2D eigenvalue weighted by atomic mass is 10.2. The van der Waals surface area contributed by atoms with E-state index in [4.69, 9.17) is 5.73 Å². The third kappa shape index (κ3) is 3.53. The number of nitrogens with zero attached hydrogens (tertiary/aromatic N) is 5. The number of rotatable bonds is 5. The second kappa shape index (κ2) is 8.05. The van der Waals surface area contributed by atoms with Gasteiger partial charge in [0.15, 0.2) is 5.65 Å². The number of nitro groups is 1. The van der Waals surface area contributed by atoms with Gasteiger partial charge in [-0.15, -0.1) is 0 Å². The average Bonchev–Trinajstić information content (AvgIpc) is 3.12. The maximum absolute atomic E-state index is 13.5. The molecule has 5 rings (SSSR count). The Balaban J connectivity index is 1.77. The third-order valence-electron chi connectivity index (χ3n) is 5.15. The number of nitrogen functional groups attached to an aromatic ring is 1. The van der Waals surface area contributed by atoms with Crippen LogP contribution in [0.15, 0.2) is 93.8 Å². The molecule has 0 spiro atoms. The van der Waals surface area contributed by atoms with Crippen LogP contribution in [0.1, 0.15) is 5.56 Å². The summed E-state index contributed by atoms with van der Waals surface area (Å²) in [7, 11) is -4.06. The number of anilines is 1. The number of hydrogen-bond donors (Lipinski definition) is 1. The minimum atomic E-state index is -4.06. The SMILES string of the molecule is Nc1c(S(=O)(=O)c2ccccc2)c2nc3ccccc3nc2n1/N=C\c1cccc([N+](=O)[O-])c1. The molecule has 0 aliphatic rings. The van der Waals surface area contributed by atoms with E-state index >= 15 is 0 Å². The minimum Gasteiger partial charge on any atom is -0.382 e. The van der Waals surface area contributed by atoms with Gasteiger partial charge in [0.1, 0.15) is 16.2 Å². The summed E-state index contributed by atoms with van der Waals surface area (Å²) in [5, 5.41) is 15.4. The largest absolute Gasteiger partial charge is 0.382 e. The molecule has 0 bridgehead atoms. The van der Waals surface area contributed by atoms with Gasteiger partial charge in [-0.25, -0.2) is 18.4 Å². The lowest BCUT2D eigenvalue weighted by Crippen LogP contribution is -2.06. The van der Waals surface area contributed by atoms with Gasteiger partial charge in [-0.3, -0.25) is 10.1 Å². The molecule has 10 nitrogen and oxygen atoms in total. The van der Waals surface area contributed by atoms with Gasteiger partial charge in [0.2, 0.25) is 9.84 Å². The Bertz CT molecular complexity index is 1710. The molecule has 2 heterocycles. The van der Waals surface area contributed by atoms with Crippen LogP contribution in [0.25, 0.3) is 22.2 Å². The zero-order chi connectivity index (χ0) is 23.9. The number of non-ortho nitro benzene ring substituents is 1. The number of sulfone groups is 1. The van der Waals surface area contributed by atoms with E-state index in [0.717, 1.165) is 0 Å². The van der Waals surface area contributed by atoms with Crippen molar-refractivity contribution in [1.82, 2.24) is 14.6 Å². The molecule has 0 saturated carbocycles. The van der Waals surface area contributed by atoms with Crippen molar-refractivity contribution in [3.05, 3.63) is 94.5 Å². The van der Waals surface area contributed by atoms with Crippen molar-refractivity contribution < 1.29 is 13.3 Å². The number of benzene rings is 3. The normalized spacial score (nSPS) is 12.0. The molecule has 2 aromatic heterocycles. The lowest BCUT2D eigenvalue weighted by Gasteiger charge is -2.04. The summed E-state index contributed by atoms with van der Waals surface area (Å²) >= 11 is 0. The van der Waals surface area contributed by atoms with E-state index < -0.39 is 14.8 Å². The highest BCUT2D eigenvalue weighted by atomic mass is 32.2. The van der Waals surface area contributed by atoms with Gasteiger partial charge in [-0.05, 0) is 24.3 Å². The van der Waals surface area contributed by atoms with Crippen molar-refractivity contribution >= 4 is 49.8 Å². The summed E-state index contributed by atoms with van der Waals surface area (Å²) in [6.07, 6.45) is 1.35. The topological polar surface area (TPSA) is 146 Å². The fourth-order valence-corrected chi connectivity index (χ4v) is 5.07. The molecular weight excluding hydrogens is 456 g/mol. The van der Waals surface area contributed by atoms with Crippen LogP contribution in [-0.4, -0.2) is 34.2 Å². The maximum Gasteiger partial charge on any atom is 0.270 e. The van der Waals surface area contributed by atoms with Gasteiger partial charge < -0.3 is 5.73 Å². The van der Waals surface area contributed by atoms with Crippen LogP contribution in [0.5, 0.6) is 0 Å². The summed E-state index contributed by atoms with van der Waals surface area (Å²) in [6, 6.07) is 20.8. The quantitative estimate of drug-likeness (QED) is 0.232. The molecule has 0 fully saturated rings. The van der Waals surface area contributed by atoms with Crippen molar-refractivity contribution in [3.63, 3.8) is 0 Å². The fraction of sp³-hybridized carbons (Fsp3) is 0. The molecule has 3 aromatic carbocycles. The fourth-order valence-electron chi connectivity index (χ4n) is 3.56. The molecule has 0 saturated heterocycles. The van der Waals surface area contributed by atoms with Crippen molar-refractivity contribution in [2.75, 3.05) is 5.73 Å². The minimum absolute atomic E-state index is 0.0540. The van der Waals surface area contributed by atoms with E-state index in [9.17, 15) is 18.5 Å². The zero-order valence-electron chi connectivity index (χ0n) is 17.4. The average molecular weight is 472 g/mol. The van der Waals surface area contributed by atoms with Crippen molar-refractivity contribution in [2.45, 2.75) is 9.79 Å². The van der Waals surface area contributed by atoms with E-state index in [1.165, 1.54) is 41.2 Å². The van der Waals surface area contributed by atoms with E-state index in [1.807, 2.05) is 0 Å². The molecule has 0 aliphatic carbocycles. The highest BCUT2D eigenvalue weighted by Crippen LogP contribution is 2.35. The van der Waals surface area contributed by atoms with Crippen molar-refractivity contribution in [2.24, 2.45) is 5.10 Å². The molecule has 5 aromatic rings. The first-order valence-electron chi connectivity index (χ1n) is 10.0. The number of para-hydroxylation sites is 2. The number of hydrogen-bond acceptors (Lipinski definition) is 8. The summed E-state index contributed by atoms with van der Waals surface area (Å²) in [5.74, 6) is -0.171. The van der Waals surface area contributed by atoms with Gasteiger partial charge in [0, 0.05) is 17.7 Å². The van der Waals surface area contributed by atoms with Crippen molar-refractivity contribution in [1.29, 1.82) is 0 Å². The van der Waals surface area contributed by atoms with Crippen LogP contribution in [0, 0.1) is 10.1 Å². The van der Waals surface area contributed by atoms with E-state index in [2.05, 4.69) is 15.1 Å². The number of aromatic nitrogens is 3. The summed E-state index contributed by atoms with van der Waals surface area (Å²) in [4.78, 5) is 19.5. The van der Waals surface area contributed by atoms with Crippen LogP contribution in [-0.2, 0) is 9.84 Å². The van der Waals surface area contributed by atoms with Crippen molar-refractivity contribution in [3.8, 4) is 0 Å². The highest BCUT2D eigenvalue weighted by molar-refractivity contribution is 7.92. The highest BCUT2D eigenvalue weighted by Gasteiger charge is 2.30. The number of nitrogens with two attached hydrogens (primary N) is 1. The van der Waals surface area contributed by atoms with Crippen LogP contribution < -0.4 is 5.73 Å². The summed E-state index contributed by atoms with van der Waals surface area (Å²) in [6.45, 7) is 0. The van der Waals surface area contributed by atoms with E-state index in [-0.39, 0.29) is 32.5 Å². The van der Waals surface area contributed by atoms with Crippen LogP contribution >= 0.6 is 0 Å². The summed E-state index contributed by atoms with van der Waals surface area (Å²) < 4.78 is 28.2. The Morgan fingerprint density at radius 2 is 1.62 bits per heavy atom. The molecule has 0 aliphatic heterocycles. The second-order valence-corrected chi connectivity index (χ2v) is 9.21. The number of nitro benzene ring substituents is 1. The van der Waals surface area contributed by atoms with Gasteiger partial charge in [-0.2, -0.15) is 9.78 Å². The van der Waals surface area contributed by atoms with Gasteiger partial charge in [-0.1, -0.05) is 42.5 Å². The predicted octanol–water partition coefficient (Wildman–Crippen LogP) is 3.79. The van der Waals surface area contributed by atoms with Gasteiger partial charge in [0.05, 0.1) is 27.1 Å². The molecule has 11 heteroatoms. The molecule has 34 heavy (non-hydrogen) atoms. The predicted molar refractivity (Wildman–Crippen MR) is 127 cm³/mol. The Kier molecular flexibility index (Phi) is 5.02. The summed E-state index contributed by atoms with van der Waals surface area (Å²) in [5.41, 5.74) is 7.91. The van der Waals surface area contributed by atoms with Crippen LogP contribution in [0.2, 0.25) is 0 Å². The smallest absolute Gasteiger partial charge is 0.270 e. The van der Waals surface area contributed by atoms with Gasteiger partial charge >= 0.3 is 0 Å². The Morgan fingerprint density at radius 3 is 2.32 bits per heavy atom. The molecule has 0 amide bonds. The first-order valence-corrected chi connectivity index (χ1v) is 11.5.